The molecule has 1 aliphatic rings. The number of imidazole rings is 1. The van der Waals surface area contributed by atoms with Gasteiger partial charge in [-0.1, -0.05) is 12.1 Å². The van der Waals surface area contributed by atoms with Crippen molar-refractivity contribution in [1.82, 2.24) is 19.4 Å². The Kier molecular flexibility index (Phi) is 5.92. The van der Waals surface area contributed by atoms with Crippen LogP contribution >= 0.6 is 0 Å². The number of esters is 1. The van der Waals surface area contributed by atoms with E-state index in [4.69, 9.17) is 10.5 Å². The van der Waals surface area contributed by atoms with Gasteiger partial charge in [0.15, 0.2) is 0 Å². The maximum Gasteiger partial charge on any atom is 0.338 e. The van der Waals surface area contributed by atoms with E-state index in [9.17, 15) is 4.79 Å². The number of ether oxygens (including phenoxy) is 1. The Morgan fingerprint density at radius 2 is 2.03 bits per heavy atom. The zero-order valence-electron chi connectivity index (χ0n) is 17.5. The average molecular weight is 406 g/mol. The Labute approximate surface area is 176 Å². The number of rotatable bonds is 8. The van der Waals surface area contributed by atoms with Crippen molar-refractivity contribution in [2.75, 3.05) is 19.6 Å². The molecule has 0 saturated heterocycles. The van der Waals surface area contributed by atoms with Crippen LogP contribution in [0.1, 0.15) is 38.3 Å². The molecule has 1 aromatic carbocycles. The molecule has 156 valence electrons. The molecule has 3 aromatic rings. The predicted molar refractivity (Wildman–Crippen MR) is 114 cm³/mol. The van der Waals surface area contributed by atoms with Crippen molar-refractivity contribution in [3.8, 4) is 5.82 Å². The van der Waals surface area contributed by atoms with E-state index in [0.29, 0.717) is 18.7 Å². The second-order valence-electron chi connectivity index (χ2n) is 7.71. The van der Waals surface area contributed by atoms with Crippen LogP contribution in [-0.4, -0.2) is 45.0 Å². The summed E-state index contributed by atoms with van der Waals surface area (Å²) < 4.78 is 7.09. The van der Waals surface area contributed by atoms with E-state index in [1.165, 1.54) is 5.56 Å². The first-order valence-electron chi connectivity index (χ1n) is 10.2. The van der Waals surface area contributed by atoms with Crippen molar-refractivity contribution in [3.63, 3.8) is 0 Å². The smallest absolute Gasteiger partial charge is 0.338 e. The predicted octanol–water partition coefficient (Wildman–Crippen LogP) is 2.56. The third-order valence-corrected chi connectivity index (χ3v) is 5.61. The summed E-state index contributed by atoms with van der Waals surface area (Å²) in [7, 11) is 0. The number of pyridine rings is 1. The van der Waals surface area contributed by atoms with Crippen LogP contribution in [0, 0.1) is 13.8 Å². The first-order chi connectivity index (χ1) is 14.5. The molecule has 0 fully saturated rings. The second-order valence-corrected chi connectivity index (χ2v) is 7.71. The number of hydrogen-bond acceptors (Lipinski definition) is 6. The number of carbonyl (C=O) groups is 1. The van der Waals surface area contributed by atoms with Gasteiger partial charge < -0.3 is 10.5 Å². The highest BCUT2D eigenvalue weighted by atomic mass is 16.5. The zero-order valence-corrected chi connectivity index (χ0v) is 17.5. The number of nitrogens with two attached hydrogens (primary N) is 1. The van der Waals surface area contributed by atoms with Crippen molar-refractivity contribution in [2.24, 2.45) is 5.73 Å². The first-order valence-corrected chi connectivity index (χ1v) is 10.2. The molecule has 7 nitrogen and oxygen atoms in total. The molecule has 0 amide bonds. The molecule has 0 aliphatic carbocycles. The van der Waals surface area contributed by atoms with Crippen LogP contribution in [-0.2, 0) is 24.3 Å². The monoisotopic (exact) mass is 405 g/mol. The Balaban J connectivity index is 1.41. The summed E-state index contributed by atoms with van der Waals surface area (Å²) in [5.41, 5.74) is 12.1. The molecular formula is C23H27N5O2. The second kappa shape index (κ2) is 8.77. The van der Waals surface area contributed by atoms with Gasteiger partial charge in [-0.3, -0.25) is 9.47 Å². The lowest BCUT2D eigenvalue weighted by Gasteiger charge is -2.22. The number of hydrogen-bond donors (Lipinski definition) is 1. The van der Waals surface area contributed by atoms with E-state index in [0.717, 1.165) is 54.3 Å². The topological polar surface area (TPSA) is 86.3 Å². The maximum atomic E-state index is 11.7. The fourth-order valence-corrected chi connectivity index (χ4v) is 3.87. The van der Waals surface area contributed by atoms with Gasteiger partial charge in [-0.25, -0.2) is 14.8 Å². The minimum Gasteiger partial charge on any atom is -0.457 e. The van der Waals surface area contributed by atoms with Gasteiger partial charge in [0.05, 0.1) is 11.3 Å². The lowest BCUT2D eigenvalue weighted by molar-refractivity contribution is 0.0535. The number of aryl methyl sites for hydroxylation is 1. The van der Waals surface area contributed by atoms with Crippen molar-refractivity contribution < 1.29 is 9.53 Å². The van der Waals surface area contributed by atoms with Gasteiger partial charge in [0.25, 0.3) is 0 Å². The van der Waals surface area contributed by atoms with Crippen LogP contribution < -0.4 is 5.73 Å². The number of cyclic esters (lactones) is 1. The normalized spacial score (nSPS) is 13.0. The van der Waals surface area contributed by atoms with Gasteiger partial charge in [0, 0.05) is 44.1 Å². The summed E-state index contributed by atoms with van der Waals surface area (Å²) in [4.78, 5) is 22.9. The molecule has 0 unspecified atom stereocenters. The Hall–Kier alpha value is -3.03. The highest BCUT2D eigenvalue weighted by Crippen LogP contribution is 2.26. The van der Waals surface area contributed by atoms with Crippen LogP contribution in [0.25, 0.3) is 5.82 Å². The van der Waals surface area contributed by atoms with Gasteiger partial charge >= 0.3 is 5.97 Å². The van der Waals surface area contributed by atoms with Gasteiger partial charge in [-0.05, 0) is 49.1 Å². The number of aromatic nitrogens is 3. The van der Waals surface area contributed by atoms with Gasteiger partial charge in [0.1, 0.15) is 18.8 Å². The number of fused-ring (bicyclic) bond motifs is 1. The summed E-state index contributed by atoms with van der Waals surface area (Å²) in [6.45, 7) is 7.51. The third-order valence-electron chi connectivity index (χ3n) is 5.61. The molecule has 0 saturated carbocycles. The molecule has 3 heterocycles. The summed E-state index contributed by atoms with van der Waals surface area (Å²) >= 11 is 0. The van der Waals surface area contributed by atoms with E-state index in [-0.39, 0.29) is 5.97 Å². The van der Waals surface area contributed by atoms with Crippen LogP contribution in [0.2, 0.25) is 0 Å². The molecule has 0 spiro atoms. The van der Waals surface area contributed by atoms with Crippen LogP contribution in [0.3, 0.4) is 0 Å². The average Bonchev–Trinajstić information content (AvgIpc) is 3.34. The highest BCUT2D eigenvalue weighted by Gasteiger charge is 2.23. The molecule has 2 aromatic heterocycles. The van der Waals surface area contributed by atoms with E-state index in [1.54, 1.807) is 6.33 Å². The van der Waals surface area contributed by atoms with E-state index in [2.05, 4.69) is 27.9 Å². The summed E-state index contributed by atoms with van der Waals surface area (Å²) in [6, 6.07) is 8.05. The summed E-state index contributed by atoms with van der Waals surface area (Å²) in [6.07, 6.45) is 6.54. The molecule has 0 bridgehead atoms. The quantitative estimate of drug-likeness (QED) is 0.580. The fraction of sp³-hybridized carbons (Fsp3) is 0.348. The van der Waals surface area contributed by atoms with Crippen molar-refractivity contribution in [2.45, 2.75) is 33.4 Å². The molecule has 2 N–H and O–H groups in total. The Morgan fingerprint density at radius 3 is 2.73 bits per heavy atom. The Bertz CT molecular complexity index is 1040. The van der Waals surface area contributed by atoms with Gasteiger partial charge in [0.2, 0.25) is 0 Å². The van der Waals surface area contributed by atoms with Crippen LogP contribution in [0.4, 0.5) is 0 Å². The number of carbonyl (C=O) groups excluding carboxylic acids is 1. The molecular weight excluding hydrogens is 378 g/mol. The van der Waals surface area contributed by atoms with E-state index >= 15 is 0 Å². The molecule has 7 heteroatoms. The first kappa shape index (κ1) is 20.3. The number of nitrogens with zero attached hydrogens (tertiary/aromatic N) is 4. The van der Waals surface area contributed by atoms with E-state index < -0.39 is 0 Å². The minimum absolute atomic E-state index is 0.216. The lowest BCUT2D eigenvalue weighted by Crippen LogP contribution is -2.31. The maximum absolute atomic E-state index is 11.7. The van der Waals surface area contributed by atoms with Crippen molar-refractivity contribution in [3.05, 3.63) is 76.5 Å². The zero-order chi connectivity index (χ0) is 21.1. The van der Waals surface area contributed by atoms with Crippen LogP contribution in [0.15, 0.2) is 43.0 Å². The van der Waals surface area contributed by atoms with Crippen LogP contribution in [0.5, 0.6) is 0 Å². The minimum atomic E-state index is -0.216. The lowest BCUT2D eigenvalue weighted by atomic mass is 9.96. The third kappa shape index (κ3) is 4.27. The summed E-state index contributed by atoms with van der Waals surface area (Å²) in [5.74, 6) is 0.640. The number of benzene rings is 1. The molecule has 0 atom stereocenters. The van der Waals surface area contributed by atoms with E-state index in [1.807, 2.05) is 42.1 Å². The standard InChI is InChI=1S/C23H27N5O2/c1-16-12-28(15-26-16)22-6-3-18(11-25-22)13-27(10-8-24)9-7-19-4-5-20-21(17(19)2)14-30-23(20)29/h3-6,11-12,15H,7-10,13-14,24H2,1-2H3. The summed E-state index contributed by atoms with van der Waals surface area (Å²) in [5, 5.41) is 0. The SMILES string of the molecule is Cc1cn(-c2ccc(CN(CCN)CCc3ccc4c(c3C)COC4=O)cn2)cn1. The largest absolute Gasteiger partial charge is 0.457 e. The Morgan fingerprint density at radius 1 is 1.17 bits per heavy atom. The van der Waals surface area contributed by atoms with Crippen molar-refractivity contribution in [1.29, 1.82) is 0 Å². The molecule has 4 rings (SSSR count). The van der Waals surface area contributed by atoms with Gasteiger partial charge in [-0.15, -0.1) is 0 Å². The molecule has 30 heavy (non-hydrogen) atoms. The molecule has 0 radical (unpaired) electrons. The van der Waals surface area contributed by atoms with Crippen molar-refractivity contribution >= 4 is 5.97 Å². The highest BCUT2D eigenvalue weighted by molar-refractivity contribution is 5.93. The fourth-order valence-electron chi connectivity index (χ4n) is 3.87. The van der Waals surface area contributed by atoms with Gasteiger partial charge in [-0.2, -0.15) is 0 Å². The molecule has 1 aliphatic heterocycles.